The Bertz CT molecular complexity index is 976. The third kappa shape index (κ3) is 5.63. The normalized spacial score (nSPS) is 11.1. The predicted molar refractivity (Wildman–Crippen MR) is 126 cm³/mol. The van der Waals surface area contributed by atoms with Crippen molar-refractivity contribution in [3.8, 4) is 0 Å². The van der Waals surface area contributed by atoms with Crippen LogP contribution in [0.2, 0.25) is 0 Å². The summed E-state index contributed by atoms with van der Waals surface area (Å²) in [5.74, 6) is -0.0671. The molecule has 4 N–H and O–H groups in total. The first-order chi connectivity index (χ1) is 14.6. The average Bonchev–Trinajstić information content (AvgIpc) is 3.18. The highest BCUT2D eigenvalue weighted by Gasteiger charge is 2.11. The topological polar surface area (TPSA) is 72.1 Å². The van der Waals surface area contributed by atoms with Gasteiger partial charge < -0.3 is 20.9 Å². The highest BCUT2D eigenvalue weighted by atomic mass is 16.1. The molecule has 1 amide bonds. The van der Waals surface area contributed by atoms with Crippen molar-refractivity contribution in [3.05, 3.63) is 65.4 Å². The van der Waals surface area contributed by atoms with Crippen molar-refractivity contribution in [2.75, 3.05) is 18.8 Å². The number of hydrogen-bond acceptors (Lipinski definition) is 3. The van der Waals surface area contributed by atoms with Gasteiger partial charge in [0.2, 0.25) is 0 Å². The number of aromatic nitrogens is 1. The number of fused-ring (bicyclic) bond motifs is 1. The smallest absolute Gasteiger partial charge is 0.251 e. The standard InChI is InChI=1S/C25H34N4O/c1-3-5-13-29-14-10-22-23(26)16-21(17-24(22)29)25(30)28-12-7-11-27-18-20-9-6-8-19(4-2)15-20/h6,8-10,14-17,27H,3-5,7,11-13,18,26H2,1-2H3,(H,28,30). The Morgan fingerprint density at radius 1 is 1.03 bits per heavy atom. The van der Waals surface area contributed by atoms with Gasteiger partial charge in [-0.05, 0) is 55.1 Å². The zero-order valence-electron chi connectivity index (χ0n) is 18.2. The van der Waals surface area contributed by atoms with Gasteiger partial charge in [-0.15, -0.1) is 0 Å². The largest absolute Gasteiger partial charge is 0.398 e. The second kappa shape index (κ2) is 10.8. The van der Waals surface area contributed by atoms with Gasteiger partial charge in [0, 0.05) is 42.5 Å². The maximum atomic E-state index is 12.6. The fourth-order valence-electron chi connectivity index (χ4n) is 3.69. The Morgan fingerprint density at radius 2 is 1.87 bits per heavy atom. The van der Waals surface area contributed by atoms with E-state index in [2.05, 4.69) is 59.5 Å². The van der Waals surface area contributed by atoms with Crippen LogP contribution in [0.5, 0.6) is 0 Å². The number of nitrogens with two attached hydrogens (primary N) is 1. The number of rotatable bonds is 11. The predicted octanol–water partition coefficient (Wildman–Crippen LogP) is 4.50. The summed E-state index contributed by atoms with van der Waals surface area (Å²) in [5, 5.41) is 7.48. The van der Waals surface area contributed by atoms with Gasteiger partial charge in [-0.3, -0.25) is 4.79 Å². The minimum atomic E-state index is -0.0671. The van der Waals surface area contributed by atoms with E-state index in [0.717, 1.165) is 56.2 Å². The third-order valence-electron chi connectivity index (χ3n) is 5.48. The molecule has 0 bridgehead atoms. The molecule has 3 rings (SSSR count). The fraction of sp³-hybridized carbons (Fsp3) is 0.400. The molecule has 30 heavy (non-hydrogen) atoms. The van der Waals surface area contributed by atoms with E-state index in [1.807, 2.05) is 12.1 Å². The number of benzene rings is 2. The Hall–Kier alpha value is -2.79. The quantitative estimate of drug-likeness (QED) is 0.324. The van der Waals surface area contributed by atoms with Gasteiger partial charge in [0.05, 0.1) is 5.52 Å². The van der Waals surface area contributed by atoms with Crippen molar-refractivity contribution < 1.29 is 4.79 Å². The first kappa shape index (κ1) is 21.9. The van der Waals surface area contributed by atoms with E-state index in [0.29, 0.717) is 17.8 Å². The van der Waals surface area contributed by atoms with Crippen LogP contribution in [0, 0.1) is 0 Å². The molecule has 0 aliphatic heterocycles. The number of carbonyl (C=O) groups is 1. The number of aryl methyl sites for hydroxylation is 2. The summed E-state index contributed by atoms with van der Waals surface area (Å²) in [6.45, 7) is 7.63. The van der Waals surface area contributed by atoms with E-state index in [1.54, 1.807) is 6.07 Å². The van der Waals surface area contributed by atoms with E-state index in [4.69, 9.17) is 5.73 Å². The Balaban J connectivity index is 1.48. The molecule has 1 heterocycles. The van der Waals surface area contributed by atoms with Crippen LogP contribution in [0.25, 0.3) is 10.9 Å². The molecule has 0 radical (unpaired) electrons. The van der Waals surface area contributed by atoms with Gasteiger partial charge in [-0.25, -0.2) is 0 Å². The van der Waals surface area contributed by atoms with Crippen LogP contribution in [0.15, 0.2) is 48.7 Å². The van der Waals surface area contributed by atoms with Crippen LogP contribution >= 0.6 is 0 Å². The summed E-state index contributed by atoms with van der Waals surface area (Å²) >= 11 is 0. The van der Waals surface area contributed by atoms with Crippen LogP contribution in [0.4, 0.5) is 5.69 Å². The van der Waals surface area contributed by atoms with Crippen molar-refractivity contribution in [1.29, 1.82) is 0 Å². The molecule has 5 heteroatoms. The molecule has 0 spiro atoms. The van der Waals surface area contributed by atoms with Gasteiger partial charge in [-0.1, -0.05) is 44.5 Å². The average molecular weight is 407 g/mol. The molecule has 1 aromatic heterocycles. The number of amides is 1. The molecule has 0 atom stereocenters. The van der Waals surface area contributed by atoms with Gasteiger partial charge in [0.1, 0.15) is 0 Å². The van der Waals surface area contributed by atoms with Crippen molar-refractivity contribution in [3.63, 3.8) is 0 Å². The molecule has 0 saturated heterocycles. The molecule has 0 fully saturated rings. The molecular weight excluding hydrogens is 372 g/mol. The second-order valence-corrected chi connectivity index (χ2v) is 7.82. The van der Waals surface area contributed by atoms with E-state index in [-0.39, 0.29) is 5.91 Å². The highest BCUT2D eigenvalue weighted by Crippen LogP contribution is 2.25. The maximum absolute atomic E-state index is 12.6. The monoisotopic (exact) mass is 406 g/mol. The lowest BCUT2D eigenvalue weighted by Gasteiger charge is -2.10. The van der Waals surface area contributed by atoms with Crippen molar-refractivity contribution in [1.82, 2.24) is 15.2 Å². The summed E-state index contributed by atoms with van der Waals surface area (Å²) in [4.78, 5) is 12.6. The number of anilines is 1. The lowest BCUT2D eigenvalue weighted by Crippen LogP contribution is -2.27. The highest BCUT2D eigenvalue weighted by molar-refractivity contribution is 6.02. The van der Waals surface area contributed by atoms with E-state index < -0.39 is 0 Å². The van der Waals surface area contributed by atoms with Crippen molar-refractivity contribution in [2.45, 2.75) is 52.6 Å². The molecule has 0 aliphatic rings. The number of nitrogens with zero attached hydrogens (tertiary/aromatic N) is 1. The molecule has 3 aromatic rings. The summed E-state index contributed by atoms with van der Waals surface area (Å²) in [6, 6.07) is 14.4. The Labute approximate surface area is 179 Å². The number of unbranched alkanes of at least 4 members (excludes halogenated alkanes) is 1. The Kier molecular flexibility index (Phi) is 7.91. The van der Waals surface area contributed by atoms with Crippen LogP contribution in [-0.4, -0.2) is 23.6 Å². The lowest BCUT2D eigenvalue weighted by atomic mass is 10.1. The second-order valence-electron chi connectivity index (χ2n) is 7.82. The van der Waals surface area contributed by atoms with Gasteiger partial charge in [0.25, 0.3) is 5.91 Å². The van der Waals surface area contributed by atoms with E-state index in [1.165, 1.54) is 11.1 Å². The van der Waals surface area contributed by atoms with Crippen LogP contribution in [0.1, 0.15) is 54.6 Å². The van der Waals surface area contributed by atoms with Gasteiger partial charge in [-0.2, -0.15) is 0 Å². The molecule has 5 nitrogen and oxygen atoms in total. The summed E-state index contributed by atoms with van der Waals surface area (Å²) in [7, 11) is 0. The third-order valence-corrected chi connectivity index (χ3v) is 5.48. The maximum Gasteiger partial charge on any atom is 0.251 e. The fourth-order valence-corrected chi connectivity index (χ4v) is 3.69. The van der Waals surface area contributed by atoms with Gasteiger partial charge in [0.15, 0.2) is 0 Å². The van der Waals surface area contributed by atoms with Crippen LogP contribution in [-0.2, 0) is 19.5 Å². The number of hydrogen-bond donors (Lipinski definition) is 3. The van der Waals surface area contributed by atoms with Crippen LogP contribution in [0.3, 0.4) is 0 Å². The number of nitrogen functional groups attached to an aromatic ring is 1. The molecular formula is C25H34N4O. The lowest BCUT2D eigenvalue weighted by molar-refractivity contribution is 0.0953. The zero-order valence-corrected chi connectivity index (χ0v) is 18.2. The summed E-state index contributed by atoms with van der Waals surface area (Å²) in [5.41, 5.74) is 11.2. The number of nitrogens with one attached hydrogen (secondary N) is 2. The molecule has 160 valence electrons. The Morgan fingerprint density at radius 3 is 2.67 bits per heavy atom. The SMILES string of the molecule is CCCCn1ccc2c(N)cc(C(=O)NCCCNCc3cccc(CC)c3)cc21. The first-order valence-electron chi connectivity index (χ1n) is 11.1. The minimum absolute atomic E-state index is 0.0671. The van der Waals surface area contributed by atoms with Crippen molar-refractivity contribution in [2.24, 2.45) is 0 Å². The first-order valence-corrected chi connectivity index (χ1v) is 11.1. The summed E-state index contributed by atoms with van der Waals surface area (Å²) < 4.78 is 2.18. The van der Waals surface area contributed by atoms with Gasteiger partial charge >= 0.3 is 0 Å². The summed E-state index contributed by atoms with van der Waals surface area (Å²) in [6.07, 6.45) is 6.23. The zero-order chi connectivity index (χ0) is 21.3. The van der Waals surface area contributed by atoms with Crippen molar-refractivity contribution >= 4 is 22.5 Å². The van der Waals surface area contributed by atoms with E-state index in [9.17, 15) is 4.79 Å². The van der Waals surface area contributed by atoms with Crippen LogP contribution < -0.4 is 16.4 Å². The molecule has 0 saturated carbocycles. The van der Waals surface area contributed by atoms with E-state index >= 15 is 0 Å². The number of carbonyl (C=O) groups excluding carboxylic acids is 1. The molecule has 0 unspecified atom stereocenters. The molecule has 2 aromatic carbocycles. The molecule has 0 aliphatic carbocycles. The minimum Gasteiger partial charge on any atom is -0.398 e.